The number of nitro groups is 1. The average molecular weight is 395 g/mol. The maximum absolute atomic E-state index is 12.4. The van der Waals surface area contributed by atoms with Crippen LogP contribution in [0.1, 0.15) is 11.7 Å². The van der Waals surface area contributed by atoms with Crippen LogP contribution in [0.15, 0.2) is 60.8 Å². The number of hydrazine groups is 1. The Hall–Kier alpha value is -3.63. The molecule has 2 aliphatic rings. The van der Waals surface area contributed by atoms with Gasteiger partial charge in [0.1, 0.15) is 11.9 Å². The summed E-state index contributed by atoms with van der Waals surface area (Å²) in [5, 5.41) is 25.6. The summed E-state index contributed by atoms with van der Waals surface area (Å²) in [4.78, 5) is 39.0. The van der Waals surface area contributed by atoms with E-state index >= 15 is 0 Å². The Labute approximate surface area is 165 Å². The quantitative estimate of drug-likeness (QED) is 0.294. The van der Waals surface area contributed by atoms with Crippen LogP contribution in [-0.4, -0.2) is 43.9 Å². The molecule has 0 aliphatic carbocycles. The van der Waals surface area contributed by atoms with Crippen molar-refractivity contribution >= 4 is 23.3 Å². The molecule has 10 heteroatoms. The van der Waals surface area contributed by atoms with Crippen LogP contribution in [0, 0.1) is 16.0 Å². The van der Waals surface area contributed by atoms with Crippen LogP contribution < -0.4 is 10.7 Å². The molecule has 2 amide bonds. The lowest BCUT2D eigenvalue weighted by Gasteiger charge is -2.40. The Morgan fingerprint density at radius 2 is 1.90 bits per heavy atom. The largest absolute Gasteiger partial charge is 0.386 e. The van der Waals surface area contributed by atoms with Crippen molar-refractivity contribution in [2.45, 2.75) is 18.2 Å². The van der Waals surface area contributed by atoms with Crippen molar-refractivity contribution in [1.29, 1.82) is 0 Å². The summed E-state index contributed by atoms with van der Waals surface area (Å²) in [5.74, 6) is -1.14. The minimum Gasteiger partial charge on any atom is -0.386 e. The molecule has 3 N–H and O–H groups in total. The lowest BCUT2D eigenvalue weighted by Crippen LogP contribution is -2.55. The van der Waals surface area contributed by atoms with E-state index in [4.69, 9.17) is 0 Å². The number of anilines is 1. The lowest BCUT2D eigenvalue weighted by molar-refractivity contribution is -0.384. The molecule has 1 aromatic carbocycles. The number of nitro benzene ring substituents is 1. The van der Waals surface area contributed by atoms with Gasteiger partial charge in [-0.15, -0.1) is 0 Å². The molecule has 1 fully saturated rings. The fraction of sp³-hybridized carbons (Fsp3) is 0.211. The molecular weight excluding hydrogens is 378 g/mol. The number of aliphatic hydroxyl groups is 1. The number of hydrogen-bond donors (Lipinski definition) is 3. The number of carbonyl (C=O) groups is 2. The highest BCUT2D eigenvalue weighted by Gasteiger charge is 2.49. The predicted molar refractivity (Wildman–Crippen MR) is 101 cm³/mol. The molecule has 0 bridgehead atoms. The first kappa shape index (κ1) is 18.7. The summed E-state index contributed by atoms with van der Waals surface area (Å²) in [6, 6.07) is 9.11. The summed E-state index contributed by atoms with van der Waals surface area (Å²) in [6.07, 6.45) is 3.69. The van der Waals surface area contributed by atoms with Gasteiger partial charge in [0.25, 0.3) is 5.69 Å². The zero-order valence-electron chi connectivity index (χ0n) is 15.0. The van der Waals surface area contributed by atoms with Crippen molar-refractivity contribution in [1.82, 2.24) is 15.3 Å². The number of carbonyl (C=O) groups excluding carboxylic acids is 2. The molecule has 0 spiro atoms. The van der Waals surface area contributed by atoms with Gasteiger partial charge >= 0.3 is 0 Å². The number of aromatic nitrogens is 1. The van der Waals surface area contributed by atoms with Gasteiger partial charge in [-0.25, -0.2) is 4.98 Å². The van der Waals surface area contributed by atoms with Crippen molar-refractivity contribution in [3.8, 4) is 0 Å². The second-order valence-electron chi connectivity index (χ2n) is 6.73. The van der Waals surface area contributed by atoms with Gasteiger partial charge < -0.3 is 10.5 Å². The van der Waals surface area contributed by atoms with Gasteiger partial charge in [-0.3, -0.25) is 25.0 Å². The van der Waals surface area contributed by atoms with Crippen LogP contribution in [0.2, 0.25) is 0 Å². The number of fused-ring (bicyclic) bond motifs is 1. The molecule has 4 rings (SSSR count). The van der Waals surface area contributed by atoms with Crippen LogP contribution in [0.25, 0.3) is 0 Å². The SMILES string of the molecule is O=C1NC(=O)C2C1C=CC(C(O)c1ccc([N+](=O)[O-])cc1)N2Nc1ccccn1. The highest BCUT2D eigenvalue weighted by molar-refractivity contribution is 6.08. The summed E-state index contributed by atoms with van der Waals surface area (Å²) in [6.45, 7) is 0. The van der Waals surface area contributed by atoms with Gasteiger partial charge in [0.05, 0.1) is 23.0 Å². The van der Waals surface area contributed by atoms with Crippen LogP contribution >= 0.6 is 0 Å². The minimum absolute atomic E-state index is 0.0931. The zero-order chi connectivity index (χ0) is 20.5. The van der Waals surface area contributed by atoms with E-state index in [-0.39, 0.29) is 5.69 Å². The number of pyridine rings is 1. The van der Waals surface area contributed by atoms with E-state index in [9.17, 15) is 24.8 Å². The summed E-state index contributed by atoms with van der Waals surface area (Å²) in [5.41, 5.74) is 3.36. The maximum atomic E-state index is 12.4. The molecule has 2 aliphatic heterocycles. The third kappa shape index (κ3) is 3.46. The number of benzene rings is 1. The normalized spacial score (nSPS) is 24.7. The number of nitrogens with one attached hydrogen (secondary N) is 2. The molecule has 10 nitrogen and oxygen atoms in total. The van der Waals surface area contributed by atoms with E-state index in [0.29, 0.717) is 11.4 Å². The molecule has 3 heterocycles. The molecule has 29 heavy (non-hydrogen) atoms. The number of hydrogen-bond acceptors (Lipinski definition) is 8. The number of aliphatic hydroxyl groups excluding tert-OH is 1. The Balaban J connectivity index is 1.68. The molecule has 0 radical (unpaired) electrons. The third-order valence-corrected chi connectivity index (χ3v) is 4.97. The zero-order valence-corrected chi connectivity index (χ0v) is 15.0. The van der Waals surface area contributed by atoms with Gasteiger partial charge in [0.15, 0.2) is 0 Å². The summed E-state index contributed by atoms with van der Waals surface area (Å²) < 4.78 is 0. The Kier molecular flexibility index (Phi) is 4.79. The monoisotopic (exact) mass is 395 g/mol. The van der Waals surface area contributed by atoms with Crippen molar-refractivity contribution in [3.63, 3.8) is 0 Å². The third-order valence-electron chi connectivity index (χ3n) is 4.97. The van der Waals surface area contributed by atoms with Crippen molar-refractivity contribution in [3.05, 3.63) is 76.5 Å². The molecule has 4 atom stereocenters. The van der Waals surface area contributed by atoms with Crippen LogP contribution in [0.5, 0.6) is 0 Å². The first-order valence-corrected chi connectivity index (χ1v) is 8.87. The summed E-state index contributed by atoms with van der Waals surface area (Å²) in [7, 11) is 0. The fourth-order valence-electron chi connectivity index (χ4n) is 3.54. The fourth-order valence-corrected chi connectivity index (χ4v) is 3.54. The molecule has 148 valence electrons. The van der Waals surface area contributed by atoms with Gasteiger partial charge in [-0.1, -0.05) is 18.2 Å². The first-order valence-electron chi connectivity index (χ1n) is 8.87. The van der Waals surface area contributed by atoms with E-state index in [2.05, 4.69) is 15.7 Å². The molecule has 2 aromatic rings. The number of imide groups is 1. The smallest absolute Gasteiger partial charge is 0.269 e. The molecular formula is C19H17N5O5. The average Bonchev–Trinajstić information content (AvgIpc) is 3.02. The Morgan fingerprint density at radius 3 is 2.55 bits per heavy atom. The van der Waals surface area contributed by atoms with Gasteiger partial charge in [0.2, 0.25) is 11.8 Å². The van der Waals surface area contributed by atoms with Gasteiger partial charge in [-0.2, -0.15) is 5.01 Å². The van der Waals surface area contributed by atoms with Gasteiger partial charge in [-0.05, 0) is 29.8 Å². The Bertz CT molecular complexity index is 978. The second-order valence-corrected chi connectivity index (χ2v) is 6.73. The van der Waals surface area contributed by atoms with Crippen molar-refractivity contribution in [2.24, 2.45) is 5.92 Å². The molecule has 1 aromatic heterocycles. The van der Waals surface area contributed by atoms with E-state index in [1.54, 1.807) is 36.5 Å². The maximum Gasteiger partial charge on any atom is 0.269 e. The molecule has 0 saturated carbocycles. The lowest BCUT2D eigenvalue weighted by atomic mass is 9.90. The molecule has 1 saturated heterocycles. The topological polar surface area (TPSA) is 138 Å². The number of nitrogens with zero attached hydrogens (tertiary/aromatic N) is 3. The highest BCUT2D eigenvalue weighted by atomic mass is 16.6. The van der Waals surface area contributed by atoms with Crippen LogP contribution in [0.4, 0.5) is 11.5 Å². The number of rotatable bonds is 5. The minimum atomic E-state index is -1.12. The van der Waals surface area contributed by atoms with Crippen LogP contribution in [-0.2, 0) is 9.59 Å². The second kappa shape index (κ2) is 7.41. The van der Waals surface area contributed by atoms with Crippen molar-refractivity contribution < 1.29 is 19.6 Å². The van der Waals surface area contributed by atoms with E-state index < -0.39 is 40.8 Å². The van der Waals surface area contributed by atoms with E-state index in [1.807, 2.05) is 0 Å². The predicted octanol–water partition coefficient (Wildman–Crippen LogP) is 0.932. The van der Waals surface area contributed by atoms with E-state index in [1.165, 1.54) is 29.3 Å². The van der Waals surface area contributed by atoms with Crippen LogP contribution in [0.3, 0.4) is 0 Å². The van der Waals surface area contributed by atoms with E-state index in [0.717, 1.165) is 0 Å². The first-order chi connectivity index (χ1) is 14.0. The van der Waals surface area contributed by atoms with Crippen molar-refractivity contribution in [2.75, 3.05) is 5.43 Å². The highest BCUT2D eigenvalue weighted by Crippen LogP contribution is 2.33. The van der Waals surface area contributed by atoms with Gasteiger partial charge in [0, 0.05) is 18.3 Å². The molecule has 4 unspecified atom stereocenters. The number of non-ortho nitro benzene ring substituents is 1. The Morgan fingerprint density at radius 1 is 1.14 bits per heavy atom. The standard InChI is InChI=1S/C19H17N5O5/c25-17(11-4-6-12(7-5-11)24(28)29)14-9-8-13-16(19(27)21-18(13)26)23(14)22-15-3-1-2-10-20-15/h1-10,13-14,16-17,25H,(H,20,22)(H,21,26,27). The summed E-state index contributed by atoms with van der Waals surface area (Å²) >= 11 is 0. The number of amides is 2.